The van der Waals surface area contributed by atoms with Gasteiger partial charge in [-0.25, -0.2) is 14.6 Å². The summed E-state index contributed by atoms with van der Waals surface area (Å²) in [4.78, 5) is 20.8. The maximum absolute atomic E-state index is 11.3. The van der Waals surface area contributed by atoms with Gasteiger partial charge < -0.3 is 25.4 Å². The first kappa shape index (κ1) is 84.9. The number of hydrogen-bond donors (Lipinski definition) is 5. The normalized spacial score (nSPS) is 38.9. The van der Waals surface area contributed by atoms with E-state index in [1.807, 2.05) is 67.1 Å². The van der Waals surface area contributed by atoms with E-state index in [0.29, 0.717) is 103 Å². The number of aromatic nitrogens is 8. The highest BCUT2D eigenvalue weighted by atomic mass is 16.3. The van der Waals surface area contributed by atoms with Gasteiger partial charge in [-0.15, -0.1) is 5.10 Å². The maximum atomic E-state index is 11.3. The first-order valence-electron chi connectivity index (χ1n) is 45.1. The highest BCUT2D eigenvalue weighted by molar-refractivity contribution is 5.26. The highest BCUT2D eigenvalue weighted by Crippen LogP contribution is 2.65. The van der Waals surface area contributed by atoms with Crippen LogP contribution in [-0.4, -0.2) is 72.5 Å². The van der Waals surface area contributed by atoms with Gasteiger partial charge in [0, 0.05) is 42.1 Å². The fourth-order valence-corrected chi connectivity index (χ4v) is 29.2. The minimum Gasteiger partial charge on any atom is -0.384 e. The number of nitrogens with one attached hydrogen (secondary N) is 1. The smallest absolute Gasteiger partial charge is 0.155 e. The van der Waals surface area contributed by atoms with Crippen molar-refractivity contribution in [1.29, 1.82) is 0 Å². The molecule has 5 aromatic rings. The Bertz CT molecular complexity index is 3750. The van der Waals surface area contributed by atoms with Gasteiger partial charge in [-0.1, -0.05) is 168 Å². The van der Waals surface area contributed by atoms with Crippen molar-refractivity contribution in [2.45, 2.75) is 327 Å². The molecule has 5 N–H and O–H groups in total. The zero-order chi connectivity index (χ0) is 80.6. The number of rotatable bonds is 7. The highest BCUT2D eigenvalue weighted by Gasteiger charge is 2.59. The van der Waals surface area contributed by atoms with Crippen LogP contribution in [-0.2, 0) is 22.2 Å². The Morgan fingerprint density at radius 2 is 0.741 bits per heavy atom. The number of hydrogen-bond acceptors (Lipinski definition) is 12. The minimum absolute atomic E-state index is 0.304. The molecule has 18 rings (SSSR count). The quantitative estimate of drug-likeness (QED) is 0.104. The lowest BCUT2D eigenvalue weighted by molar-refractivity contribution is -0.0739. The molecule has 112 heavy (non-hydrogen) atoms. The van der Waals surface area contributed by atoms with E-state index >= 15 is 0 Å². The van der Waals surface area contributed by atoms with E-state index < -0.39 is 22.4 Å². The number of pyridine rings is 3. The lowest BCUT2D eigenvalue weighted by Crippen LogP contribution is -2.45. The van der Waals surface area contributed by atoms with Gasteiger partial charge in [0.2, 0.25) is 0 Å². The van der Waals surface area contributed by atoms with Crippen molar-refractivity contribution in [2.24, 2.45) is 155 Å². The summed E-state index contributed by atoms with van der Waals surface area (Å²) < 4.78 is 1.66. The lowest BCUT2D eigenvalue weighted by Gasteiger charge is -2.47. The molecule has 5 aromatic heterocycles. The number of fused-ring (bicyclic) bond motifs is 12. The molecule has 18 unspecified atom stereocenters. The number of azo groups is 1. The monoisotopic (exact) mass is 1530 g/mol. The standard InChI is InChI=1S/C19H26N4O.C18H27N.C17H25NO.2C15H24N2O.C14H26/c1-18(2,3)17-13-7-8-14(17)11-19(24,10-13)15-12-23(22-21-15)16-6-4-5-9-20-16;1-17(2,3)16-13-8-9-14(16)12-18(4,11-13)15-7-5-6-10-19-15;1-16(2,3)15-12-7-8-13(15)11-17(19,10-12)14-6-4-5-9-18-14;1-14(2,3)12-10-4-5-11(12)9-15(18,8-10)13-16-6-7-17-13;1-14(2,3)13-10-4-5-11(13)9-15(18,8-10)12-6-7-16-17-12;1-5-10-8-11-6-7-12(9-10)13(11)14(2,3)4/h4-6,9,12-14,17,24H,7-8,10-11H2,1-3H3;5-7,10,13-14,16H,8-9,11-12H2,1-4H3;4-6,9,12-13,15,19H,7-8,10-11H2,1-3H3;6-7,10-12,18H,4-5,8-9H2,1-3H3,(H,16,17);6,10-11,13,18H,4-5,7-9H2,1-3H3;10-13H,5-9H2,1-4H3/t13-,14?,17?,19?;13-,14?,16?,18?;12-,13?,15?,17?;10-,11?,12?,15?;10-,11?,13?,15?;10?,11-,12?,13?/m111111/s1. The van der Waals surface area contributed by atoms with Crippen molar-refractivity contribution in [3.63, 3.8) is 0 Å². The number of nitrogens with zero attached hydrogens (tertiary/aromatic N) is 9. The van der Waals surface area contributed by atoms with Gasteiger partial charge in [-0.05, 0) is 342 Å². The van der Waals surface area contributed by atoms with E-state index in [2.05, 4.69) is 196 Å². The van der Waals surface area contributed by atoms with Gasteiger partial charge in [0.25, 0.3) is 0 Å². The summed E-state index contributed by atoms with van der Waals surface area (Å²) in [5.74, 6) is 16.5. The molecule has 12 fully saturated rings. The third-order valence-electron chi connectivity index (χ3n) is 31.9. The topological polar surface area (TPSA) is 204 Å². The van der Waals surface area contributed by atoms with Crippen LogP contribution in [0, 0.1) is 145 Å². The molecule has 13 aliphatic rings. The van der Waals surface area contributed by atoms with E-state index in [1.54, 1.807) is 23.3 Å². The van der Waals surface area contributed by atoms with Crippen LogP contribution >= 0.6 is 0 Å². The van der Waals surface area contributed by atoms with Crippen molar-refractivity contribution < 1.29 is 20.4 Å². The fraction of sp³-hybridized carbons (Fsp3) is 0.776. The summed E-state index contributed by atoms with van der Waals surface area (Å²) in [5.41, 5.74) is 3.52. The number of aliphatic hydroxyl groups is 4. The second-order valence-electron chi connectivity index (χ2n) is 46.0. The van der Waals surface area contributed by atoms with Gasteiger partial charge in [0.05, 0.1) is 24.1 Å². The first-order valence-corrected chi connectivity index (χ1v) is 45.1. The molecule has 14 nitrogen and oxygen atoms in total. The van der Waals surface area contributed by atoms with Crippen LogP contribution in [0.3, 0.4) is 0 Å². The van der Waals surface area contributed by atoms with E-state index in [1.165, 1.54) is 115 Å². The molecule has 618 valence electrons. The molecule has 0 spiro atoms. The van der Waals surface area contributed by atoms with Crippen molar-refractivity contribution >= 4 is 0 Å². The number of imidazole rings is 1. The summed E-state index contributed by atoms with van der Waals surface area (Å²) in [6.45, 7) is 48.3. The van der Waals surface area contributed by atoms with Crippen LogP contribution in [0.1, 0.15) is 322 Å². The molecule has 12 saturated carbocycles. The summed E-state index contributed by atoms with van der Waals surface area (Å²) in [5, 5.41) is 60.8. The Balaban J connectivity index is 0.000000118. The van der Waals surface area contributed by atoms with Crippen molar-refractivity contribution in [3.05, 3.63) is 126 Å². The SMILES string of the molecule is CC(C)(C)C1C2CC[C@@H]1CC(O)(C1=CCN=N1)C2.CC(C)(C)C1C2CC[C@@H]1CC(O)(c1ccccn1)C2.CC(C)(C)C1C2CC[C@@H]1CC(O)(c1cn(-c3ccccn3)nn1)C2.CC(C)(C)C1C2CC[C@@H]1CC(O)(c1ncc[nH]1)C2.CC1(c2ccccn2)CC2CC[C@H](C1)C2C(C)(C)C.CCC1CC2CC[C@H](C1)C2C(C)(C)C. The largest absolute Gasteiger partial charge is 0.384 e. The van der Waals surface area contributed by atoms with Crippen molar-refractivity contribution in [1.82, 2.24) is 39.9 Å². The predicted molar refractivity (Wildman–Crippen MR) is 452 cm³/mol. The van der Waals surface area contributed by atoms with Gasteiger partial charge >= 0.3 is 0 Å². The molecule has 0 aromatic carbocycles. The third-order valence-corrected chi connectivity index (χ3v) is 31.9. The molecule has 24 atom stereocenters. The second kappa shape index (κ2) is 32.4. The summed E-state index contributed by atoms with van der Waals surface area (Å²) in [6.07, 6.45) is 43.0. The average Bonchev–Trinajstić information content (AvgIpc) is 1.56. The fourth-order valence-electron chi connectivity index (χ4n) is 29.2. The zero-order valence-electron chi connectivity index (χ0n) is 73.4. The van der Waals surface area contributed by atoms with Crippen LogP contribution in [0.2, 0.25) is 0 Å². The Kier molecular flexibility index (Phi) is 24.5. The Morgan fingerprint density at radius 1 is 0.393 bits per heavy atom. The van der Waals surface area contributed by atoms with Gasteiger partial charge in [0.1, 0.15) is 33.9 Å². The van der Waals surface area contributed by atoms with Gasteiger partial charge in [0.15, 0.2) is 5.82 Å². The van der Waals surface area contributed by atoms with Gasteiger partial charge in [-0.2, -0.15) is 10.2 Å². The van der Waals surface area contributed by atoms with E-state index in [4.69, 9.17) is 0 Å². The molecule has 0 amide bonds. The predicted octanol–water partition coefficient (Wildman–Crippen LogP) is 23.0. The summed E-state index contributed by atoms with van der Waals surface area (Å²) in [7, 11) is 0. The zero-order valence-corrected chi connectivity index (χ0v) is 73.4. The van der Waals surface area contributed by atoms with Crippen LogP contribution in [0.5, 0.6) is 0 Å². The molecular weight excluding hydrogens is 1380 g/mol. The van der Waals surface area contributed by atoms with Crippen molar-refractivity contribution in [3.8, 4) is 5.82 Å². The van der Waals surface area contributed by atoms with Crippen molar-refractivity contribution in [2.75, 3.05) is 6.54 Å². The third kappa shape index (κ3) is 18.2. The van der Waals surface area contributed by atoms with Gasteiger partial charge in [-0.3, -0.25) is 9.97 Å². The van der Waals surface area contributed by atoms with Crippen LogP contribution in [0.15, 0.2) is 114 Å². The molecule has 12 aliphatic carbocycles. The maximum Gasteiger partial charge on any atom is 0.155 e. The van der Waals surface area contributed by atoms with E-state index in [9.17, 15) is 20.4 Å². The number of aromatic amines is 1. The first-order chi connectivity index (χ1) is 52.5. The molecular formula is C98H152N10O4. The molecule has 6 heterocycles. The summed E-state index contributed by atoms with van der Waals surface area (Å²) in [6, 6.07) is 18.0. The average molecular weight is 1530 g/mol. The lowest BCUT2D eigenvalue weighted by atomic mass is 9.58. The molecule has 0 radical (unpaired) electrons. The minimum atomic E-state index is -0.847. The Morgan fingerprint density at radius 3 is 1.08 bits per heavy atom. The summed E-state index contributed by atoms with van der Waals surface area (Å²) >= 11 is 0. The van der Waals surface area contributed by atoms with Crippen LogP contribution in [0.25, 0.3) is 5.82 Å². The Hall–Kier alpha value is -5.02. The van der Waals surface area contributed by atoms with Crippen LogP contribution in [0.4, 0.5) is 0 Å². The van der Waals surface area contributed by atoms with Crippen LogP contribution < -0.4 is 0 Å². The molecule has 1 aliphatic heterocycles. The second-order valence-corrected chi connectivity index (χ2v) is 46.0. The van der Waals surface area contributed by atoms with E-state index in [0.717, 1.165) is 134 Å². The molecule has 12 bridgehead atoms. The molecule has 0 saturated heterocycles. The Labute approximate surface area is 677 Å². The molecule has 14 heteroatoms. The number of H-pyrrole nitrogens is 1. The van der Waals surface area contributed by atoms with E-state index in [-0.39, 0.29) is 0 Å².